The summed E-state index contributed by atoms with van der Waals surface area (Å²) < 4.78 is 5.50. The van der Waals surface area contributed by atoms with Gasteiger partial charge in [-0.2, -0.15) is 0 Å². The fraction of sp³-hybridized carbons (Fsp3) is 0.467. The van der Waals surface area contributed by atoms with Crippen LogP contribution in [0.2, 0.25) is 5.02 Å². The van der Waals surface area contributed by atoms with E-state index in [1.807, 2.05) is 6.92 Å². The molecule has 0 aromatic heterocycles. The molecule has 1 aliphatic heterocycles. The minimum atomic E-state index is -1.03. The highest BCUT2D eigenvalue weighted by Gasteiger charge is 2.23. The lowest BCUT2D eigenvalue weighted by atomic mass is 9.97. The number of piperidine rings is 1. The number of likely N-dealkylation sites (tertiary alicyclic amines) is 1. The van der Waals surface area contributed by atoms with Crippen LogP contribution in [0, 0.1) is 12.8 Å². The molecule has 0 spiro atoms. The summed E-state index contributed by atoms with van der Waals surface area (Å²) in [5, 5.41) is 11.4. The van der Waals surface area contributed by atoms with Crippen LogP contribution in [0.25, 0.3) is 0 Å². The molecule has 0 radical (unpaired) electrons. The van der Waals surface area contributed by atoms with Crippen molar-refractivity contribution >= 4 is 23.5 Å². The van der Waals surface area contributed by atoms with Crippen molar-refractivity contribution < 1.29 is 19.4 Å². The van der Waals surface area contributed by atoms with Crippen LogP contribution in [0.1, 0.15) is 18.4 Å². The van der Waals surface area contributed by atoms with Gasteiger partial charge in [-0.15, -0.1) is 0 Å². The SMILES string of the molecule is Cc1cc(Cl)ccc1OCC(=O)N1CCC(C(=O)[O-])CC1. The Balaban J connectivity index is 1.84. The van der Waals surface area contributed by atoms with Gasteiger partial charge in [0.1, 0.15) is 5.75 Å². The third-order valence-corrected chi connectivity index (χ3v) is 3.90. The highest BCUT2D eigenvalue weighted by Crippen LogP contribution is 2.22. The fourth-order valence-electron chi connectivity index (χ4n) is 2.37. The van der Waals surface area contributed by atoms with Crippen LogP contribution in [0.15, 0.2) is 18.2 Å². The van der Waals surface area contributed by atoms with Crippen LogP contribution in [-0.2, 0) is 9.59 Å². The Kier molecular flexibility index (Phi) is 5.07. The Hall–Kier alpha value is -1.75. The van der Waals surface area contributed by atoms with E-state index in [2.05, 4.69) is 0 Å². The number of carboxylic acids is 1. The number of carbonyl (C=O) groups is 2. The van der Waals surface area contributed by atoms with Gasteiger partial charge in [-0.05, 0) is 43.5 Å². The number of carboxylic acid groups (broad SMARTS) is 1. The van der Waals surface area contributed by atoms with Gasteiger partial charge in [0.2, 0.25) is 0 Å². The lowest BCUT2D eigenvalue weighted by Crippen LogP contribution is -2.45. The third-order valence-electron chi connectivity index (χ3n) is 3.67. The molecular formula is C15H17ClNO4-. The minimum absolute atomic E-state index is 0.0571. The Labute approximate surface area is 128 Å². The molecule has 0 atom stereocenters. The smallest absolute Gasteiger partial charge is 0.260 e. The standard InChI is InChI=1S/C15H18ClNO4/c1-10-8-12(16)2-3-13(10)21-9-14(18)17-6-4-11(5-7-17)15(19)20/h2-3,8,11H,4-7,9H2,1H3,(H,19,20)/p-1. The van der Waals surface area contributed by atoms with Gasteiger partial charge in [-0.3, -0.25) is 4.79 Å². The average Bonchev–Trinajstić information content (AvgIpc) is 2.46. The zero-order valence-corrected chi connectivity index (χ0v) is 12.6. The van der Waals surface area contributed by atoms with E-state index in [1.165, 1.54) is 0 Å². The van der Waals surface area contributed by atoms with Gasteiger partial charge in [0, 0.05) is 30.0 Å². The van der Waals surface area contributed by atoms with Crippen molar-refractivity contribution in [3.05, 3.63) is 28.8 Å². The predicted octanol–water partition coefficient (Wildman–Crippen LogP) is 1.02. The molecule has 1 aromatic carbocycles. The monoisotopic (exact) mass is 310 g/mol. The number of aryl methyl sites for hydroxylation is 1. The molecule has 2 rings (SSSR count). The molecule has 21 heavy (non-hydrogen) atoms. The second-order valence-corrected chi connectivity index (χ2v) is 5.61. The molecule has 114 valence electrons. The van der Waals surface area contributed by atoms with Crippen LogP contribution < -0.4 is 9.84 Å². The predicted molar refractivity (Wildman–Crippen MR) is 76.0 cm³/mol. The molecule has 0 saturated carbocycles. The summed E-state index contributed by atoms with van der Waals surface area (Å²) in [6.07, 6.45) is 0.877. The summed E-state index contributed by atoms with van der Waals surface area (Å²) in [5.41, 5.74) is 0.867. The molecule has 1 saturated heterocycles. The average molecular weight is 311 g/mol. The first-order valence-electron chi connectivity index (χ1n) is 6.85. The fourth-order valence-corrected chi connectivity index (χ4v) is 2.60. The molecule has 1 aliphatic rings. The van der Waals surface area contributed by atoms with E-state index in [1.54, 1.807) is 23.1 Å². The molecule has 6 heteroatoms. The molecule has 5 nitrogen and oxygen atoms in total. The van der Waals surface area contributed by atoms with Gasteiger partial charge in [0.15, 0.2) is 6.61 Å². The van der Waals surface area contributed by atoms with E-state index in [-0.39, 0.29) is 12.5 Å². The minimum Gasteiger partial charge on any atom is -0.550 e. The molecule has 0 bridgehead atoms. The normalized spacial score (nSPS) is 15.8. The summed E-state index contributed by atoms with van der Waals surface area (Å²) in [6, 6.07) is 5.21. The molecular weight excluding hydrogens is 294 g/mol. The highest BCUT2D eigenvalue weighted by molar-refractivity contribution is 6.30. The van der Waals surface area contributed by atoms with Crippen molar-refractivity contribution in [3.8, 4) is 5.75 Å². The van der Waals surface area contributed by atoms with Crippen LogP contribution >= 0.6 is 11.6 Å². The van der Waals surface area contributed by atoms with Crippen molar-refractivity contribution in [2.24, 2.45) is 5.92 Å². The molecule has 1 heterocycles. The number of carbonyl (C=O) groups excluding carboxylic acids is 2. The van der Waals surface area contributed by atoms with E-state index in [9.17, 15) is 14.7 Å². The van der Waals surface area contributed by atoms with Gasteiger partial charge in [0.05, 0.1) is 0 Å². The molecule has 0 N–H and O–H groups in total. The maximum Gasteiger partial charge on any atom is 0.260 e. The Bertz CT molecular complexity index is 538. The number of halogens is 1. The van der Waals surface area contributed by atoms with Gasteiger partial charge in [-0.25, -0.2) is 0 Å². The number of ether oxygens (including phenoxy) is 1. The van der Waals surface area contributed by atoms with Gasteiger partial charge >= 0.3 is 0 Å². The summed E-state index contributed by atoms with van der Waals surface area (Å²) >= 11 is 5.86. The zero-order chi connectivity index (χ0) is 15.4. The van der Waals surface area contributed by atoms with Crippen LogP contribution in [0.5, 0.6) is 5.75 Å². The van der Waals surface area contributed by atoms with Gasteiger partial charge < -0.3 is 19.5 Å². The first-order valence-corrected chi connectivity index (χ1v) is 7.22. The molecule has 1 amide bonds. The van der Waals surface area contributed by atoms with Crippen molar-refractivity contribution in [2.75, 3.05) is 19.7 Å². The zero-order valence-electron chi connectivity index (χ0n) is 11.8. The number of rotatable bonds is 4. The summed E-state index contributed by atoms with van der Waals surface area (Å²) in [6.45, 7) is 2.66. The molecule has 0 aliphatic carbocycles. The van der Waals surface area contributed by atoms with Crippen molar-refractivity contribution in [3.63, 3.8) is 0 Å². The molecule has 1 fully saturated rings. The van der Waals surface area contributed by atoms with Crippen molar-refractivity contribution in [1.82, 2.24) is 4.90 Å². The maximum atomic E-state index is 12.0. The molecule has 1 aromatic rings. The Morgan fingerprint density at radius 2 is 2.05 bits per heavy atom. The second-order valence-electron chi connectivity index (χ2n) is 5.17. The number of hydrogen-bond acceptors (Lipinski definition) is 4. The lowest BCUT2D eigenvalue weighted by molar-refractivity contribution is -0.312. The Morgan fingerprint density at radius 1 is 1.38 bits per heavy atom. The molecule has 0 unspecified atom stereocenters. The third kappa shape index (κ3) is 4.11. The summed E-state index contributed by atoms with van der Waals surface area (Å²) in [4.78, 5) is 24.4. The van der Waals surface area contributed by atoms with Crippen LogP contribution in [0.4, 0.5) is 0 Å². The van der Waals surface area contributed by atoms with E-state index in [4.69, 9.17) is 16.3 Å². The largest absolute Gasteiger partial charge is 0.550 e. The van der Waals surface area contributed by atoms with E-state index < -0.39 is 11.9 Å². The van der Waals surface area contributed by atoms with Gasteiger partial charge in [0.25, 0.3) is 5.91 Å². The topological polar surface area (TPSA) is 69.7 Å². The first kappa shape index (κ1) is 15.6. The van der Waals surface area contributed by atoms with E-state index >= 15 is 0 Å². The number of hydrogen-bond donors (Lipinski definition) is 0. The second kappa shape index (κ2) is 6.80. The summed E-state index contributed by atoms with van der Waals surface area (Å²) in [7, 11) is 0. The van der Waals surface area contributed by atoms with Crippen molar-refractivity contribution in [1.29, 1.82) is 0 Å². The lowest BCUT2D eigenvalue weighted by Gasteiger charge is -2.32. The summed E-state index contributed by atoms with van der Waals surface area (Å²) in [5.74, 6) is -0.998. The highest BCUT2D eigenvalue weighted by atomic mass is 35.5. The maximum absolute atomic E-state index is 12.0. The number of benzene rings is 1. The number of amides is 1. The van der Waals surface area contributed by atoms with Crippen LogP contribution in [-0.4, -0.2) is 36.5 Å². The van der Waals surface area contributed by atoms with Gasteiger partial charge in [-0.1, -0.05) is 11.6 Å². The van der Waals surface area contributed by atoms with E-state index in [0.717, 1.165) is 5.56 Å². The Morgan fingerprint density at radius 3 is 2.62 bits per heavy atom. The quantitative estimate of drug-likeness (QED) is 0.832. The van der Waals surface area contributed by atoms with Crippen LogP contribution in [0.3, 0.4) is 0 Å². The number of aliphatic carboxylic acids is 1. The number of nitrogens with zero attached hydrogens (tertiary/aromatic N) is 1. The van der Waals surface area contributed by atoms with Crippen molar-refractivity contribution in [2.45, 2.75) is 19.8 Å². The first-order chi connectivity index (χ1) is 9.97. The van der Waals surface area contributed by atoms with E-state index in [0.29, 0.717) is 36.7 Å².